The van der Waals surface area contributed by atoms with Crippen molar-refractivity contribution in [2.75, 3.05) is 5.32 Å². The molecule has 3 nitrogen and oxygen atoms in total. The molecule has 2 aromatic rings. The van der Waals surface area contributed by atoms with E-state index in [-0.39, 0.29) is 5.91 Å². The predicted molar refractivity (Wildman–Crippen MR) is 102 cm³/mol. The van der Waals surface area contributed by atoms with Gasteiger partial charge in [-0.15, -0.1) is 11.3 Å². The molecule has 1 aliphatic rings. The molecule has 4 heteroatoms. The summed E-state index contributed by atoms with van der Waals surface area (Å²) in [6.07, 6.45) is 6.88. The van der Waals surface area contributed by atoms with Crippen molar-refractivity contribution in [2.24, 2.45) is 5.92 Å². The van der Waals surface area contributed by atoms with Gasteiger partial charge in [0.05, 0.1) is 5.69 Å². The van der Waals surface area contributed by atoms with Gasteiger partial charge in [0.2, 0.25) is 5.91 Å². The van der Waals surface area contributed by atoms with Crippen LogP contribution < -0.4 is 5.32 Å². The second kappa shape index (κ2) is 7.47. The number of nitrogens with one attached hydrogen (secondary N) is 1. The van der Waals surface area contributed by atoms with Gasteiger partial charge in [0.15, 0.2) is 5.13 Å². The zero-order valence-corrected chi connectivity index (χ0v) is 15.6. The molecule has 128 valence electrons. The third-order valence-electron chi connectivity index (χ3n) is 5.02. The Morgan fingerprint density at radius 1 is 1.17 bits per heavy atom. The van der Waals surface area contributed by atoms with Gasteiger partial charge in [0, 0.05) is 16.9 Å². The Hall–Kier alpha value is -1.68. The maximum Gasteiger partial charge on any atom is 0.226 e. The van der Waals surface area contributed by atoms with Gasteiger partial charge in [-0.2, -0.15) is 0 Å². The van der Waals surface area contributed by atoms with Gasteiger partial charge in [-0.1, -0.05) is 31.4 Å². The van der Waals surface area contributed by atoms with Gasteiger partial charge in [-0.05, 0) is 56.7 Å². The number of carbonyl (C=O) groups is 1. The molecule has 1 amide bonds. The number of hydrogen-bond acceptors (Lipinski definition) is 3. The number of rotatable bonds is 4. The van der Waals surface area contributed by atoms with E-state index >= 15 is 0 Å². The molecule has 1 heterocycles. The minimum atomic E-state index is 0.113. The highest BCUT2D eigenvalue weighted by molar-refractivity contribution is 7.16. The molecule has 0 atom stereocenters. The summed E-state index contributed by atoms with van der Waals surface area (Å²) < 4.78 is 0. The van der Waals surface area contributed by atoms with Crippen LogP contribution in [0.25, 0.3) is 11.3 Å². The van der Waals surface area contributed by atoms with E-state index in [9.17, 15) is 4.79 Å². The summed E-state index contributed by atoms with van der Waals surface area (Å²) in [6.45, 7) is 6.30. The van der Waals surface area contributed by atoms with Crippen LogP contribution in [-0.4, -0.2) is 10.9 Å². The number of aromatic nitrogens is 1. The molecule has 1 saturated carbocycles. The summed E-state index contributed by atoms with van der Waals surface area (Å²) >= 11 is 1.57. The fourth-order valence-corrected chi connectivity index (χ4v) is 4.28. The van der Waals surface area contributed by atoms with E-state index in [0.29, 0.717) is 12.3 Å². The SMILES string of the molecule is Cc1ccc(-c2nc(NC(=O)CC3CCCCC3)sc2C)cc1C. The number of amides is 1. The quantitative estimate of drug-likeness (QED) is 0.780. The largest absolute Gasteiger partial charge is 0.302 e. The summed E-state index contributed by atoms with van der Waals surface area (Å²) in [5.74, 6) is 0.668. The van der Waals surface area contributed by atoms with Crippen LogP contribution in [0.5, 0.6) is 0 Å². The molecule has 1 aromatic heterocycles. The first kappa shape index (κ1) is 17.2. The van der Waals surface area contributed by atoms with E-state index in [1.807, 2.05) is 0 Å². The van der Waals surface area contributed by atoms with E-state index in [1.165, 1.54) is 43.2 Å². The number of aryl methyl sites for hydroxylation is 3. The molecule has 0 radical (unpaired) electrons. The third kappa shape index (κ3) is 4.04. The second-order valence-corrected chi connectivity index (χ2v) is 8.18. The predicted octanol–water partition coefficient (Wildman–Crippen LogP) is 5.64. The van der Waals surface area contributed by atoms with Crippen LogP contribution in [-0.2, 0) is 4.79 Å². The lowest BCUT2D eigenvalue weighted by Crippen LogP contribution is -2.18. The van der Waals surface area contributed by atoms with Crippen molar-refractivity contribution in [3.8, 4) is 11.3 Å². The van der Waals surface area contributed by atoms with Crippen molar-refractivity contribution >= 4 is 22.4 Å². The Morgan fingerprint density at radius 2 is 1.92 bits per heavy atom. The molecule has 1 N–H and O–H groups in total. The van der Waals surface area contributed by atoms with Crippen LogP contribution in [0.4, 0.5) is 5.13 Å². The molecule has 0 bridgehead atoms. The van der Waals surface area contributed by atoms with Crippen molar-refractivity contribution in [3.63, 3.8) is 0 Å². The minimum absolute atomic E-state index is 0.113. The highest BCUT2D eigenvalue weighted by atomic mass is 32.1. The van der Waals surface area contributed by atoms with Crippen molar-refractivity contribution in [2.45, 2.75) is 59.3 Å². The van der Waals surface area contributed by atoms with Crippen molar-refractivity contribution in [1.29, 1.82) is 0 Å². The van der Waals surface area contributed by atoms with Crippen LogP contribution >= 0.6 is 11.3 Å². The highest BCUT2D eigenvalue weighted by Crippen LogP contribution is 2.32. The van der Waals surface area contributed by atoms with Gasteiger partial charge < -0.3 is 5.32 Å². The Bertz CT molecular complexity index is 729. The number of anilines is 1. The first-order valence-electron chi connectivity index (χ1n) is 8.88. The van der Waals surface area contributed by atoms with Crippen LogP contribution in [0.3, 0.4) is 0 Å². The molecule has 0 spiro atoms. The normalized spacial score (nSPS) is 15.5. The lowest BCUT2D eigenvalue weighted by Gasteiger charge is -2.20. The summed E-state index contributed by atoms with van der Waals surface area (Å²) in [5, 5.41) is 3.74. The first-order valence-corrected chi connectivity index (χ1v) is 9.69. The van der Waals surface area contributed by atoms with Crippen LogP contribution in [0.1, 0.15) is 54.5 Å². The Morgan fingerprint density at radius 3 is 2.62 bits per heavy atom. The summed E-state index contributed by atoms with van der Waals surface area (Å²) in [4.78, 5) is 18.1. The van der Waals surface area contributed by atoms with Crippen LogP contribution in [0, 0.1) is 26.7 Å². The number of thiazole rings is 1. The molecule has 0 aliphatic heterocycles. The molecule has 0 saturated heterocycles. The molecule has 1 aliphatic carbocycles. The van der Waals surface area contributed by atoms with E-state index in [1.54, 1.807) is 11.3 Å². The van der Waals surface area contributed by atoms with Crippen LogP contribution in [0.15, 0.2) is 18.2 Å². The Labute approximate surface area is 148 Å². The maximum atomic E-state index is 12.3. The first-order chi connectivity index (χ1) is 11.5. The van der Waals surface area contributed by atoms with Crippen molar-refractivity contribution in [3.05, 3.63) is 34.2 Å². The van der Waals surface area contributed by atoms with Gasteiger partial charge in [-0.3, -0.25) is 4.79 Å². The van der Waals surface area contributed by atoms with E-state index in [2.05, 4.69) is 49.3 Å². The number of benzene rings is 1. The average molecular weight is 343 g/mol. The van der Waals surface area contributed by atoms with Gasteiger partial charge in [0.1, 0.15) is 0 Å². The second-order valence-electron chi connectivity index (χ2n) is 6.98. The summed E-state index contributed by atoms with van der Waals surface area (Å²) in [7, 11) is 0. The van der Waals surface area contributed by atoms with Gasteiger partial charge in [0.25, 0.3) is 0 Å². The summed E-state index contributed by atoms with van der Waals surface area (Å²) in [5.41, 5.74) is 4.66. The fourth-order valence-electron chi connectivity index (χ4n) is 3.43. The van der Waals surface area contributed by atoms with Gasteiger partial charge in [-0.25, -0.2) is 4.98 Å². The van der Waals surface area contributed by atoms with Crippen molar-refractivity contribution in [1.82, 2.24) is 4.98 Å². The lowest BCUT2D eigenvalue weighted by atomic mass is 9.87. The standard InChI is InChI=1S/C20H26N2OS/c1-13-9-10-17(11-14(13)2)19-15(3)24-20(22-19)21-18(23)12-16-7-5-4-6-8-16/h9-11,16H,4-8,12H2,1-3H3,(H,21,22,23). The fraction of sp³-hybridized carbons (Fsp3) is 0.500. The topological polar surface area (TPSA) is 42.0 Å². The Kier molecular flexibility index (Phi) is 5.34. The summed E-state index contributed by atoms with van der Waals surface area (Å²) in [6, 6.07) is 6.41. The van der Waals surface area contributed by atoms with Crippen molar-refractivity contribution < 1.29 is 4.79 Å². The van der Waals surface area contributed by atoms with Gasteiger partial charge >= 0.3 is 0 Å². The number of hydrogen-bond donors (Lipinski definition) is 1. The van der Waals surface area contributed by atoms with E-state index in [0.717, 1.165) is 21.3 Å². The monoisotopic (exact) mass is 342 g/mol. The zero-order valence-electron chi connectivity index (χ0n) is 14.8. The number of nitrogens with zero attached hydrogens (tertiary/aromatic N) is 1. The zero-order chi connectivity index (χ0) is 17.1. The molecule has 24 heavy (non-hydrogen) atoms. The smallest absolute Gasteiger partial charge is 0.226 e. The van der Waals surface area contributed by atoms with E-state index < -0.39 is 0 Å². The Balaban J connectivity index is 1.69. The maximum absolute atomic E-state index is 12.3. The average Bonchev–Trinajstić information content (AvgIpc) is 2.91. The van der Waals surface area contributed by atoms with E-state index in [4.69, 9.17) is 0 Å². The molecule has 0 unspecified atom stereocenters. The molecule has 1 fully saturated rings. The van der Waals surface area contributed by atoms with Crippen LogP contribution in [0.2, 0.25) is 0 Å². The third-order valence-corrected chi connectivity index (χ3v) is 5.91. The lowest BCUT2D eigenvalue weighted by molar-refractivity contribution is -0.117. The highest BCUT2D eigenvalue weighted by Gasteiger charge is 2.18. The number of carbonyl (C=O) groups excluding carboxylic acids is 1. The molecule has 1 aromatic carbocycles. The molecule has 3 rings (SSSR count). The minimum Gasteiger partial charge on any atom is -0.302 e. The molecular formula is C20H26N2OS. The molecular weight excluding hydrogens is 316 g/mol.